The van der Waals surface area contributed by atoms with Crippen LogP contribution in [0.2, 0.25) is 0 Å². The maximum absolute atomic E-state index is 13.1. The van der Waals surface area contributed by atoms with Crippen molar-refractivity contribution >= 4 is 17.1 Å². The number of nitrogens with zero attached hydrogens (tertiary/aromatic N) is 4. The molecule has 1 amide bonds. The van der Waals surface area contributed by atoms with E-state index in [-0.39, 0.29) is 12.4 Å². The van der Waals surface area contributed by atoms with E-state index < -0.39 is 28.8 Å². The van der Waals surface area contributed by atoms with Crippen LogP contribution in [0.25, 0.3) is 11.0 Å². The first-order chi connectivity index (χ1) is 13.5. The van der Waals surface area contributed by atoms with E-state index >= 15 is 0 Å². The van der Waals surface area contributed by atoms with Crippen molar-refractivity contribution < 1.29 is 14.3 Å². The van der Waals surface area contributed by atoms with Crippen LogP contribution in [0.5, 0.6) is 0 Å². The van der Waals surface area contributed by atoms with Gasteiger partial charge in [0.1, 0.15) is 6.04 Å². The molecule has 29 heavy (non-hydrogen) atoms. The van der Waals surface area contributed by atoms with Gasteiger partial charge in [0.05, 0.1) is 16.6 Å². The highest BCUT2D eigenvalue weighted by Gasteiger charge is 2.33. The van der Waals surface area contributed by atoms with Crippen molar-refractivity contribution in [1.82, 2.24) is 24.6 Å². The minimum absolute atomic E-state index is 0.268. The summed E-state index contributed by atoms with van der Waals surface area (Å²) in [5.41, 5.74) is -0.706. The van der Waals surface area contributed by atoms with Crippen LogP contribution >= 0.6 is 0 Å². The molecule has 2 N–H and O–H groups in total. The van der Waals surface area contributed by atoms with E-state index in [1.54, 1.807) is 38.1 Å². The summed E-state index contributed by atoms with van der Waals surface area (Å²) >= 11 is 0. The van der Waals surface area contributed by atoms with Gasteiger partial charge in [0.25, 0.3) is 0 Å². The number of aryl methyl sites for hydroxylation is 1. The van der Waals surface area contributed by atoms with Crippen molar-refractivity contribution in [3.8, 4) is 0 Å². The average Bonchev–Trinajstić information content (AvgIpc) is 3.22. The Morgan fingerprint density at radius 3 is 2.41 bits per heavy atom. The standard InChI is InChI=1S/C20H27N5O4/c1-19(2,3)15(16-23-21-12-29-16)22-17(26)25-14-9-7-6-8-13(14)24(18(25)27)11-10-20(4,5)28/h6-9,12,15,28H,10-11H2,1-5H3,(H,22,26)/t15-/m1/s1. The molecule has 1 aromatic carbocycles. The fourth-order valence-electron chi connectivity index (χ4n) is 3.15. The van der Waals surface area contributed by atoms with Crippen LogP contribution in [0, 0.1) is 5.41 Å². The number of hydrogen-bond donors (Lipinski definition) is 2. The first-order valence-electron chi connectivity index (χ1n) is 9.48. The number of carbonyl (C=O) groups is 1. The molecule has 0 aliphatic rings. The second-order valence-corrected chi connectivity index (χ2v) is 8.85. The maximum Gasteiger partial charge on any atom is 0.337 e. The molecule has 156 valence electrons. The molecule has 9 heteroatoms. The van der Waals surface area contributed by atoms with Crippen LogP contribution in [0.15, 0.2) is 39.9 Å². The van der Waals surface area contributed by atoms with Crippen LogP contribution in [-0.4, -0.2) is 36.1 Å². The van der Waals surface area contributed by atoms with E-state index in [0.29, 0.717) is 17.5 Å². The van der Waals surface area contributed by atoms with Gasteiger partial charge in [-0.3, -0.25) is 4.57 Å². The molecule has 0 saturated carbocycles. The molecule has 3 aromatic rings. The summed E-state index contributed by atoms with van der Waals surface area (Å²) < 4.78 is 7.91. The lowest BCUT2D eigenvalue weighted by Gasteiger charge is -2.28. The van der Waals surface area contributed by atoms with E-state index in [4.69, 9.17) is 4.42 Å². The smallest absolute Gasteiger partial charge is 0.337 e. The van der Waals surface area contributed by atoms with Gasteiger partial charge in [-0.1, -0.05) is 32.9 Å². The van der Waals surface area contributed by atoms with Crippen molar-refractivity contribution in [2.24, 2.45) is 5.41 Å². The SMILES string of the molecule is CC(C)(O)CCn1c(=O)n(C(=O)N[C@H](c2nnco2)C(C)(C)C)c2ccccc21. The van der Waals surface area contributed by atoms with Gasteiger partial charge in [0.15, 0.2) is 0 Å². The molecule has 0 spiro atoms. The van der Waals surface area contributed by atoms with Crippen molar-refractivity contribution in [2.75, 3.05) is 0 Å². The zero-order chi connectivity index (χ0) is 21.4. The zero-order valence-electron chi connectivity index (χ0n) is 17.3. The summed E-state index contributed by atoms with van der Waals surface area (Å²) in [7, 11) is 0. The molecule has 0 aliphatic heterocycles. The fraction of sp³-hybridized carbons (Fsp3) is 0.500. The van der Waals surface area contributed by atoms with Gasteiger partial charge < -0.3 is 14.8 Å². The Balaban J connectivity index is 2.02. The molecule has 2 heterocycles. The Labute approximate surface area is 168 Å². The van der Waals surface area contributed by atoms with Crippen LogP contribution in [0.1, 0.15) is 53.0 Å². The summed E-state index contributed by atoms with van der Waals surface area (Å²) in [5, 5.41) is 20.5. The number of para-hydroxylation sites is 2. The monoisotopic (exact) mass is 401 g/mol. The van der Waals surface area contributed by atoms with Crippen LogP contribution in [-0.2, 0) is 6.54 Å². The lowest BCUT2D eigenvalue weighted by molar-refractivity contribution is 0.0662. The van der Waals surface area contributed by atoms with Gasteiger partial charge in [0, 0.05) is 6.54 Å². The summed E-state index contributed by atoms with van der Waals surface area (Å²) in [6, 6.07) is 5.92. The van der Waals surface area contributed by atoms with E-state index in [9.17, 15) is 14.7 Å². The number of carbonyl (C=O) groups excluding carboxylic acids is 1. The minimum Gasteiger partial charge on any atom is -0.426 e. The van der Waals surface area contributed by atoms with Crippen molar-refractivity contribution in [3.63, 3.8) is 0 Å². The number of rotatable bonds is 5. The Morgan fingerprint density at radius 2 is 1.86 bits per heavy atom. The van der Waals surface area contributed by atoms with Gasteiger partial charge in [-0.05, 0) is 37.8 Å². The normalized spacial score (nSPS) is 13.6. The summed E-state index contributed by atoms with van der Waals surface area (Å²) in [5.74, 6) is 0.268. The molecule has 3 rings (SSSR count). The third kappa shape index (κ3) is 4.40. The van der Waals surface area contributed by atoms with Crippen LogP contribution < -0.4 is 11.0 Å². The highest BCUT2D eigenvalue weighted by atomic mass is 16.4. The molecular weight excluding hydrogens is 374 g/mol. The third-order valence-electron chi connectivity index (χ3n) is 4.74. The molecule has 0 unspecified atom stereocenters. The first-order valence-corrected chi connectivity index (χ1v) is 9.48. The second kappa shape index (κ2) is 7.47. The van der Waals surface area contributed by atoms with E-state index in [1.807, 2.05) is 20.8 Å². The Hall–Kier alpha value is -2.94. The second-order valence-electron chi connectivity index (χ2n) is 8.85. The maximum atomic E-state index is 13.1. The topological polar surface area (TPSA) is 115 Å². The van der Waals surface area contributed by atoms with Crippen molar-refractivity contribution in [3.05, 3.63) is 47.0 Å². The van der Waals surface area contributed by atoms with Crippen molar-refractivity contribution in [1.29, 1.82) is 0 Å². The summed E-state index contributed by atoms with van der Waals surface area (Å²) in [6.07, 6.45) is 1.57. The highest BCUT2D eigenvalue weighted by molar-refractivity contribution is 5.89. The van der Waals surface area contributed by atoms with Gasteiger partial charge >= 0.3 is 11.7 Å². The molecule has 0 aliphatic carbocycles. The van der Waals surface area contributed by atoms with Gasteiger partial charge in [-0.15, -0.1) is 10.2 Å². The van der Waals surface area contributed by atoms with E-state index in [0.717, 1.165) is 4.57 Å². The number of aliphatic hydroxyl groups is 1. The number of amides is 1. The molecule has 0 radical (unpaired) electrons. The Bertz CT molecular complexity index is 1050. The Kier molecular flexibility index (Phi) is 5.36. The molecule has 2 aromatic heterocycles. The largest absolute Gasteiger partial charge is 0.426 e. The molecule has 1 atom stereocenters. The van der Waals surface area contributed by atoms with E-state index in [1.165, 1.54) is 11.0 Å². The number of imidazole rings is 1. The lowest BCUT2D eigenvalue weighted by atomic mass is 9.86. The lowest BCUT2D eigenvalue weighted by Crippen LogP contribution is -2.43. The predicted octanol–water partition coefficient (Wildman–Crippen LogP) is 2.69. The third-order valence-corrected chi connectivity index (χ3v) is 4.74. The number of nitrogens with one attached hydrogen (secondary N) is 1. The molecule has 9 nitrogen and oxygen atoms in total. The number of hydrogen-bond acceptors (Lipinski definition) is 6. The highest BCUT2D eigenvalue weighted by Crippen LogP contribution is 2.31. The summed E-state index contributed by atoms with van der Waals surface area (Å²) in [4.78, 5) is 26.2. The molecule has 0 saturated heterocycles. The molecule has 0 bridgehead atoms. The van der Waals surface area contributed by atoms with Gasteiger partial charge in [-0.25, -0.2) is 14.2 Å². The van der Waals surface area contributed by atoms with Gasteiger partial charge in [0.2, 0.25) is 12.3 Å². The number of fused-ring (bicyclic) bond motifs is 1. The van der Waals surface area contributed by atoms with Crippen LogP contribution in [0.3, 0.4) is 0 Å². The van der Waals surface area contributed by atoms with Crippen molar-refractivity contribution in [2.45, 2.75) is 59.2 Å². The number of benzene rings is 1. The zero-order valence-corrected chi connectivity index (χ0v) is 17.3. The quantitative estimate of drug-likeness (QED) is 0.679. The van der Waals surface area contributed by atoms with E-state index in [2.05, 4.69) is 15.5 Å². The summed E-state index contributed by atoms with van der Waals surface area (Å²) in [6.45, 7) is 9.44. The number of aromatic nitrogens is 4. The first kappa shape index (κ1) is 20.8. The fourth-order valence-corrected chi connectivity index (χ4v) is 3.15. The van der Waals surface area contributed by atoms with Gasteiger partial charge in [-0.2, -0.15) is 0 Å². The molecular formula is C20H27N5O4. The predicted molar refractivity (Wildman–Crippen MR) is 108 cm³/mol. The average molecular weight is 401 g/mol. The minimum atomic E-state index is -0.930. The molecule has 0 fully saturated rings. The van der Waals surface area contributed by atoms with Crippen LogP contribution in [0.4, 0.5) is 4.79 Å². The Morgan fingerprint density at radius 1 is 1.21 bits per heavy atom.